The van der Waals surface area contributed by atoms with Crippen LogP contribution < -0.4 is 14.4 Å². The third-order valence-electron chi connectivity index (χ3n) is 11.0. The van der Waals surface area contributed by atoms with Gasteiger partial charge >= 0.3 is 6.01 Å². The molecule has 4 atom stereocenters. The van der Waals surface area contributed by atoms with Crippen molar-refractivity contribution in [3.8, 4) is 11.9 Å². The van der Waals surface area contributed by atoms with Crippen LogP contribution in [0.4, 0.5) is 14.6 Å². The molecule has 1 aromatic carbocycles. The number of piperidine rings is 1. The van der Waals surface area contributed by atoms with Crippen LogP contribution >= 0.6 is 11.6 Å². The number of hydrogen-bond acceptors (Lipinski definition) is 9. The van der Waals surface area contributed by atoms with Gasteiger partial charge in [-0.05, 0) is 49.9 Å². The van der Waals surface area contributed by atoms with Gasteiger partial charge in [0.05, 0.1) is 32.5 Å². The first-order chi connectivity index (χ1) is 23.1. The predicted octanol–water partition coefficient (Wildman–Crippen LogP) is 7.60. The summed E-state index contributed by atoms with van der Waals surface area (Å²) in [6, 6.07) is 10.3. The molecule has 2 saturated heterocycles. The Morgan fingerprint density at radius 3 is 2.61 bits per heavy atom. The molecule has 1 unspecified atom stereocenters. The molecule has 9 nitrogen and oxygen atoms in total. The third kappa shape index (κ3) is 7.40. The summed E-state index contributed by atoms with van der Waals surface area (Å²) in [7, 11) is -0.755. The average molecular weight is 718 g/mol. The van der Waals surface area contributed by atoms with Gasteiger partial charge in [0, 0.05) is 37.6 Å². The maximum Gasteiger partial charge on any atom is 0.319 e. The van der Waals surface area contributed by atoms with Crippen LogP contribution in [0, 0.1) is 11.2 Å². The van der Waals surface area contributed by atoms with Gasteiger partial charge in [-0.3, -0.25) is 4.90 Å². The van der Waals surface area contributed by atoms with Crippen LogP contribution in [-0.4, -0.2) is 92.5 Å². The number of fused-ring (bicyclic) bond motifs is 2. The van der Waals surface area contributed by atoms with Crippen molar-refractivity contribution in [1.29, 1.82) is 0 Å². The zero-order chi connectivity index (χ0) is 35.2. The van der Waals surface area contributed by atoms with Crippen molar-refractivity contribution >= 4 is 36.6 Å². The molecule has 0 radical (unpaired) electrons. The highest BCUT2D eigenvalue weighted by atomic mass is 35.5. The Morgan fingerprint density at radius 1 is 1.14 bits per heavy atom. The number of benzene rings is 1. The monoisotopic (exact) mass is 717 g/mol. The molecule has 0 spiro atoms. The van der Waals surface area contributed by atoms with Crippen LogP contribution in [0.3, 0.4) is 0 Å². The minimum atomic E-state index is -2.21. The molecule has 0 bridgehead atoms. The summed E-state index contributed by atoms with van der Waals surface area (Å²) in [5, 5.41) is -0.0844. The van der Waals surface area contributed by atoms with Gasteiger partial charge in [-0.15, -0.1) is 0 Å². The maximum absolute atomic E-state index is 15.8. The van der Waals surface area contributed by atoms with E-state index in [4.69, 9.17) is 35.2 Å². The SMILES string of the molecule is COc1nc(Cl)c(F)c2nc(OC[C@]34CCC[C@H]3N(Cc3ccccc3)CC(F)C4)nc(N3CCOC[C@@](C)(O[Si](C)(C)C(C)(C)C)C3)c12. The number of nitrogens with zero attached hydrogens (tertiary/aromatic N) is 5. The number of pyridine rings is 1. The molecule has 6 rings (SSSR count). The molecule has 1 saturated carbocycles. The van der Waals surface area contributed by atoms with Crippen molar-refractivity contribution in [2.24, 2.45) is 5.41 Å². The Balaban J connectivity index is 1.35. The second-order valence-corrected chi connectivity index (χ2v) is 20.9. The zero-order valence-electron chi connectivity index (χ0n) is 29.8. The molecule has 2 aromatic heterocycles. The first-order valence-corrected chi connectivity index (χ1v) is 20.6. The minimum Gasteiger partial charge on any atom is -0.480 e. The predicted molar refractivity (Wildman–Crippen MR) is 191 cm³/mol. The Labute approximate surface area is 294 Å². The lowest BCUT2D eigenvalue weighted by Gasteiger charge is -2.47. The summed E-state index contributed by atoms with van der Waals surface area (Å²) in [6.07, 6.45) is 2.17. The number of rotatable bonds is 9. The topological polar surface area (TPSA) is 82.1 Å². The molecule has 4 heterocycles. The van der Waals surface area contributed by atoms with Crippen molar-refractivity contribution in [3.63, 3.8) is 0 Å². The van der Waals surface area contributed by atoms with Crippen LogP contribution in [0.2, 0.25) is 23.3 Å². The van der Waals surface area contributed by atoms with Crippen molar-refractivity contribution < 1.29 is 27.4 Å². The Morgan fingerprint density at radius 2 is 1.90 bits per heavy atom. The second-order valence-electron chi connectivity index (χ2n) is 15.8. The standard InChI is InChI=1S/C36H50ClF2N5O4Si/c1-34(2,3)49(6,7)48-35(4)21-43(16-17-46-22-35)31-27-29(28(39)30(37)41-32(27)45-5)40-33(42-31)47-23-36-15-11-14-26(36)44(20-25(38)18-36)19-24-12-9-8-10-13-24/h8-10,12-13,25-26H,11,14-23H2,1-7H3/t25?,26-,35+,36-/m1/s1. The highest BCUT2D eigenvalue weighted by Crippen LogP contribution is 2.49. The van der Waals surface area contributed by atoms with E-state index >= 15 is 8.78 Å². The molecule has 3 fully saturated rings. The number of likely N-dealkylation sites (tertiary alicyclic amines) is 1. The van der Waals surface area contributed by atoms with Gasteiger partial charge in [-0.2, -0.15) is 15.0 Å². The molecule has 13 heteroatoms. The minimum absolute atomic E-state index is 0.00137. The van der Waals surface area contributed by atoms with Crippen LogP contribution in [0.15, 0.2) is 30.3 Å². The van der Waals surface area contributed by atoms with Crippen LogP contribution in [0.1, 0.15) is 58.9 Å². The summed E-state index contributed by atoms with van der Waals surface area (Å²) in [5.41, 5.74) is -0.00267. The van der Waals surface area contributed by atoms with Gasteiger partial charge in [0.15, 0.2) is 19.3 Å². The van der Waals surface area contributed by atoms with Crippen LogP contribution in [0.25, 0.3) is 10.9 Å². The van der Waals surface area contributed by atoms with Crippen molar-refractivity contribution in [1.82, 2.24) is 19.9 Å². The largest absolute Gasteiger partial charge is 0.480 e. The maximum atomic E-state index is 15.8. The quantitative estimate of drug-likeness (QED) is 0.164. The molecule has 2 aliphatic heterocycles. The van der Waals surface area contributed by atoms with E-state index in [2.05, 4.69) is 67.8 Å². The molecular weight excluding hydrogens is 668 g/mol. The zero-order valence-corrected chi connectivity index (χ0v) is 31.6. The van der Waals surface area contributed by atoms with Gasteiger partial charge in [0.1, 0.15) is 22.9 Å². The molecule has 268 valence electrons. The van der Waals surface area contributed by atoms with Crippen LogP contribution in [0.5, 0.6) is 11.9 Å². The van der Waals surface area contributed by atoms with Gasteiger partial charge in [-0.1, -0.05) is 69.1 Å². The molecule has 3 aromatic rings. The van der Waals surface area contributed by atoms with Crippen molar-refractivity contribution in [2.45, 2.75) is 95.9 Å². The first-order valence-electron chi connectivity index (χ1n) is 17.3. The van der Waals surface area contributed by atoms with E-state index in [1.165, 1.54) is 7.11 Å². The van der Waals surface area contributed by atoms with Gasteiger partial charge in [0.2, 0.25) is 5.88 Å². The summed E-state index contributed by atoms with van der Waals surface area (Å²) in [6.45, 7) is 16.0. The van der Waals surface area contributed by atoms with E-state index in [9.17, 15) is 0 Å². The number of halogens is 3. The summed E-state index contributed by atoms with van der Waals surface area (Å²) in [4.78, 5) is 17.9. The lowest BCUT2D eigenvalue weighted by atomic mass is 9.74. The van der Waals surface area contributed by atoms with Crippen molar-refractivity contribution in [3.05, 3.63) is 46.9 Å². The number of methoxy groups -OCH3 is 1. The second kappa shape index (κ2) is 13.8. The molecule has 0 amide bonds. The Bertz CT molecular complexity index is 1650. The fraction of sp³-hybridized carbons (Fsp3) is 0.639. The Hall–Kier alpha value is -2.64. The third-order valence-corrected chi connectivity index (χ3v) is 15.9. The first kappa shape index (κ1) is 36.2. The number of hydrogen-bond donors (Lipinski definition) is 0. The van der Waals surface area contributed by atoms with E-state index in [0.717, 1.165) is 24.8 Å². The molecule has 3 aliphatic rings. The number of ether oxygens (including phenoxy) is 3. The number of aromatic nitrogens is 3. The smallest absolute Gasteiger partial charge is 0.319 e. The summed E-state index contributed by atoms with van der Waals surface area (Å²) < 4.78 is 56.4. The lowest BCUT2D eigenvalue weighted by molar-refractivity contribution is -0.0405. The Kier molecular flexibility index (Phi) is 10.2. The molecule has 1 aliphatic carbocycles. The lowest BCUT2D eigenvalue weighted by Crippen LogP contribution is -2.55. The molecule has 49 heavy (non-hydrogen) atoms. The fourth-order valence-electron chi connectivity index (χ4n) is 7.76. The van der Waals surface area contributed by atoms with Gasteiger partial charge in [0.25, 0.3) is 0 Å². The average Bonchev–Trinajstić information content (AvgIpc) is 3.37. The summed E-state index contributed by atoms with van der Waals surface area (Å²) in [5.74, 6) is -0.280. The highest BCUT2D eigenvalue weighted by molar-refractivity contribution is 6.74. The number of alkyl halides is 1. The van der Waals surface area contributed by atoms with E-state index in [0.29, 0.717) is 57.0 Å². The van der Waals surface area contributed by atoms with E-state index in [-0.39, 0.29) is 40.2 Å². The number of anilines is 1. The highest BCUT2D eigenvalue weighted by Gasteiger charge is 2.51. The van der Waals surface area contributed by atoms with Crippen LogP contribution in [-0.2, 0) is 15.7 Å². The van der Waals surface area contributed by atoms with E-state index in [1.54, 1.807) is 0 Å². The molecule has 0 N–H and O–H groups in total. The van der Waals surface area contributed by atoms with E-state index in [1.807, 2.05) is 23.1 Å². The van der Waals surface area contributed by atoms with E-state index < -0.39 is 31.3 Å². The fourth-order valence-corrected chi connectivity index (χ4v) is 9.59. The van der Waals surface area contributed by atoms with Gasteiger partial charge < -0.3 is 23.5 Å². The molecular formula is C36H50ClF2N5O4Si. The summed E-state index contributed by atoms with van der Waals surface area (Å²) >= 11 is 6.25. The normalized spacial score (nSPS) is 26.9. The van der Waals surface area contributed by atoms with Crippen molar-refractivity contribution in [2.75, 3.05) is 51.5 Å². The van der Waals surface area contributed by atoms with Gasteiger partial charge in [-0.25, -0.2) is 8.78 Å².